The van der Waals surface area contributed by atoms with Crippen molar-refractivity contribution in [2.75, 3.05) is 32.8 Å². The Balaban J connectivity index is 1.67. The van der Waals surface area contributed by atoms with Gasteiger partial charge in [0.2, 0.25) is 0 Å². The fourth-order valence-corrected chi connectivity index (χ4v) is 3.38. The Morgan fingerprint density at radius 3 is 2.71 bits per heavy atom. The molecule has 24 heavy (non-hydrogen) atoms. The second-order valence-electron chi connectivity index (χ2n) is 6.47. The molecule has 1 amide bonds. The summed E-state index contributed by atoms with van der Waals surface area (Å²) in [6, 6.07) is 2.80. The molecule has 3 heterocycles. The molecule has 0 aromatic carbocycles. The van der Waals surface area contributed by atoms with Crippen LogP contribution >= 0.6 is 0 Å². The SMILES string of the molecule is O=C(c1ncccc1OCC(F)(F)F)N1CCC2(CCNC2)CC1. The van der Waals surface area contributed by atoms with Gasteiger partial charge in [-0.1, -0.05) is 0 Å². The quantitative estimate of drug-likeness (QED) is 0.915. The van der Waals surface area contributed by atoms with Gasteiger partial charge < -0.3 is 15.0 Å². The Morgan fingerprint density at radius 1 is 1.33 bits per heavy atom. The summed E-state index contributed by atoms with van der Waals surface area (Å²) < 4.78 is 41.8. The van der Waals surface area contributed by atoms with Gasteiger partial charge in [-0.05, 0) is 43.4 Å². The van der Waals surface area contributed by atoms with Crippen LogP contribution in [-0.2, 0) is 0 Å². The normalized spacial score (nSPS) is 20.4. The molecule has 1 aromatic rings. The lowest BCUT2D eigenvalue weighted by atomic mass is 9.78. The first-order valence-corrected chi connectivity index (χ1v) is 8.03. The van der Waals surface area contributed by atoms with Gasteiger partial charge in [-0.15, -0.1) is 0 Å². The van der Waals surface area contributed by atoms with Gasteiger partial charge in [0.25, 0.3) is 5.91 Å². The maximum absolute atomic E-state index is 12.6. The van der Waals surface area contributed by atoms with Crippen molar-refractivity contribution in [1.82, 2.24) is 15.2 Å². The molecule has 0 saturated carbocycles. The number of pyridine rings is 1. The van der Waals surface area contributed by atoms with Gasteiger partial charge >= 0.3 is 6.18 Å². The molecule has 2 aliphatic rings. The summed E-state index contributed by atoms with van der Waals surface area (Å²) in [4.78, 5) is 18.2. The molecule has 0 bridgehead atoms. The summed E-state index contributed by atoms with van der Waals surface area (Å²) in [5, 5.41) is 3.36. The van der Waals surface area contributed by atoms with E-state index in [-0.39, 0.29) is 22.8 Å². The van der Waals surface area contributed by atoms with Crippen molar-refractivity contribution < 1.29 is 22.7 Å². The fourth-order valence-electron chi connectivity index (χ4n) is 3.38. The summed E-state index contributed by atoms with van der Waals surface area (Å²) in [6.07, 6.45) is -0.156. The molecule has 8 heteroatoms. The van der Waals surface area contributed by atoms with Gasteiger partial charge in [0.1, 0.15) is 0 Å². The fraction of sp³-hybridized carbons (Fsp3) is 0.625. The van der Waals surface area contributed by atoms with Crippen LogP contribution in [0.15, 0.2) is 18.3 Å². The van der Waals surface area contributed by atoms with Gasteiger partial charge in [0.05, 0.1) is 0 Å². The predicted octanol–water partition coefficient (Wildman–Crippen LogP) is 2.24. The number of amides is 1. The van der Waals surface area contributed by atoms with E-state index in [1.54, 1.807) is 4.90 Å². The first kappa shape index (κ1) is 17.0. The predicted molar refractivity (Wildman–Crippen MR) is 80.8 cm³/mol. The van der Waals surface area contributed by atoms with Crippen LogP contribution in [-0.4, -0.2) is 54.8 Å². The zero-order valence-electron chi connectivity index (χ0n) is 13.2. The minimum atomic E-state index is -4.46. The molecular formula is C16H20F3N3O2. The number of nitrogens with zero attached hydrogens (tertiary/aromatic N) is 2. The van der Waals surface area contributed by atoms with E-state index in [0.717, 1.165) is 32.4 Å². The highest BCUT2D eigenvalue weighted by atomic mass is 19.4. The number of hydrogen-bond donors (Lipinski definition) is 1. The first-order valence-electron chi connectivity index (χ1n) is 8.03. The van der Waals surface area contributed by atoms with E-state index >= 15 is 0 Å². The lowest BCUT2D eigenvalue weighted by Crippen LogP contribution is -2.44. The van der Waals surface area contributed by atoms with Gasteiger partial charge in [0.15, 0.2) is 18.1 Å². The van der Waals surface area contributed by atoms with Crippen LogP contribution in [0, 0.1) is 5.41 Å². The molecule has 0 radical (unpaired) electrons. The molecule has 1 aromatic heterocycles. The topological polar surface area (TPSA) is 54.5 Å². The van der Waals surface area contributed by atoms with Crippen molar-refractivity contribution in [1.29, 1.82) is 0 Å². The number of alkyl halides is 3. The van der Waals surface area contributed by atoms with Crippen molar-refractivity contribution >= 4 is 5.91 Å². The lowest BCUT2D eigenvalue weighted by molar-refractivity contribution is -0.153. The zero-order valence-corrected chi connectivity index (χ0v) is 13.2. The Bertz CT molecular complexity index is 590. The monoisotopic (exact) mass is 343 g/mol. The summed E-state index contributed by atoms with van der Waals surface area (Å²) in [5.41, 5.74) is 0.207. The van der Waals surface area contributed by atoms with E-state index in [4.69, 9.17) is 4.74 Å². The van der Waals surface area contributed by atoms with E-state index in [1.165, 1.54) is 18.3 Å². The average Bonchev–Trinajstić information content (AvgIpc) is 3.01. The molecule has 3 rings (SSSR count). The number of nitrogens with one attached hydrogen (secondary N) is 1. The molecule has 2 saturated heterocycles. The smallest absolute Gasteiger partial charge is 0.422 e. The van der Waals surface area contributed by atoms with Gasteiger partial charge in [-0.2, -0.15) is 13.2 Å². The summed E-state index contributed by atoms with van der Waals surface area (Å²) in [7, 11) is 0. The third-order valence-corrected chi connectivity index (χ3v) is 4.81. The van der Waals surface area contributed by atoms with Crippen LogP contribution in [0.4, 0.5) is 13.2 Å². The second kappa shape index (κ2) is 6.58. The van der Waals surface area contributed by atoms with Crippen LogP contribution in [0.3, 0.4) is 0 Å². The summed E-state index contributed by atoms with van der Waals surface area (Å²) in [5.74, 6) is -0.490. The maximum atomic E-state index is 12.6. The number of rotatable bonds is 3. The van der Waals surface area contributed by atoms with Gasteiger partial charge in [-0.3, -0.25) is 4.79 Å². The highest BCUT2D eigenvalue weighted by Crippen LogP contribution is 2.37. The number of likely N-dealkylation sites (tertiary alicyclic amines) is 1. The Hall–Kier alpha value is -1.83. The zero-order chi connectivity index (χ0) is 17.2. The average molecular weight is 343 g/mol. The van der Waals surface area contributed by atoms with Crippen LogP contribution in [0.2, 0.25) is 0 Å². The molecule has 132 valence electrons. The number of hydrogen-bond acceptors (Lipinski definition) is 4. The molecule has 0 atom stereocenters. The van der Waals surface area contributed by atoms with Crippen LogP contribution in [0.5, 0.6) is 5.75 Å². The van der Waals surface area contributed by atoms with E-state index < -0.39 is 12.8 Å². The van der Waals surface area contributed by atoms with Crippen molar-refractivity contribution in [3.63, 3.8) is 0 Å². The van der Waals surface area contributed by atoms with Gasteiger partial charge in [0, 0.05) is 25.8 Å². The van der Waals surface area contributed by atoms with Crippen LogP contribution in [0.1, 0.15) is 29.8 Å². The number of carbonyl (C=O) groups is 1. The van der Waals surface area contributed by atoms with E-state index in [1.807, 2.05) is 0 Å². The van der Waals surface area contributed by atoms with E-state index in [9.17, 15) is 18.0 Å². The lowest BCUT2D eigenvalue weighted by Gasteiger charge is -2.38. The number of piperidine rings is 1. The standard InChI is InChI=1S/C16H20F3N3O2/c17-16(18,19)11-24-12-2-1-6-21-13(12)14(23)22-8-4-15(5-9-22)3-7-20-10-15/h1-2,6,20H,3-5,7-11H2. The van der Waals surface area contributed by atoms with Gasteiger partial charge in [-0.25, -0.2) is 4.98 Å². The molecule has 1 spiro atoms. The third-order valence-electron chi connectivity index (χ3n) is 4.81. The van der Waals surface area contributed by atoms with Crippen molar-refractivity contribution in [3.8, 4) is 5.75 Å². The second-order valence-corrected chi connectivity index (χ2v) is 6.47. The molecule has 0 unspecified atom stereocenters. The Kier molecular flexibility index (Phi) is 4.67. The Labute approximate surface area is 138 Å². The maximum Gasteiger partial charge on any atom is 0.422 e. The molecular weight excluding hydrogens is 323 g/mol. The summed E-state index contributed by atoms with van der Waals surface area (Å²) in [6.45, 7) is 1.72. The van der Waals surface area contributed by atoms with E-state index in [2.05, 4.69) is 10.3 Å². The summed E-state index contributed by atoms with van der Waals surface area (Å²) >= 11 is 0. The minimum Gasteiger partial charge on any atom is -0.482 e. The molecule has 0 aliphatic carbocycles. The number of halogens is 3. The van der Waals surface area contributed by atoms with Crippen molar-refractivity contribution in [2.45, 2.75) is 25.4 Å². The number of ether oxygens (including phenoxy) is 1. The molecule has 2 fully saturated rings. The van der Waals surface area contributed by atoms with Crippen molar-refractivity contribution in [2.24, 2.45) is 5.41 Å². The van der Waals surface area contributed by atoms with Crippen molar-refractivity contribution in [3.05, 3.63) is 24.0 Å². The molecule has 5 nitrogen and oxygen atoms in total. The van der Waals surface area contributed by atoms with Crippen LogP contribution < -0.4 is 10.1 Å². The first-order chi connectivity index (χ1) is 11.4. The number of aromatic nitrogens is 1. The minimum absolute atomic E-state index is 0.0535. The van der Waals surface area contributed by atoms with E-state index in [0.29, 0.717) is 13.1 Å². The molecule has 1 N–H and O–H groups in total. The molecule has 2 aliphatic heterocycles. The largest absolute Gasteiger partial charge is 0.482 e. The number of carbonyl (C=O) groups excluding carboxylic acids is 1. The highest BCUT2D eigenvalue weighted by Gasteiger charge is 2.39. The Morgan fingerprint density at radius 2 is 2.08 bits per heavy atom. The third kappa shape index (κ3) is 3.80. The highest BCUT2D eigenvalue weighted by molar-refractivity contribution is 5.95. The van der Waals surface area contributed by atoms with Crippen LogP contribution in [0.25, 0.3) is 0 Å².